The van der Waals surface area contributed by atoms with Crippen LogP contribution in [-0.4, -0.2) is 41.3 Å². The number of amides is 1. The van der Waals surface area contributed by atoms with Crippen molar-refractivity contribution in [2.45, 2.75) is 6.92 Å². The number of fused-ring (bicyclic) bond motifs is 1. The van der Waals surface area contributed by atoms with Crippen LogP contribution in [-0.2, 0) is 0 Å². The van der Waals surface area contributed by atoms with Gasteiger partial charge in [-0.3, -0.25) is 9.78 Å². The fourth-order valence-electron chi connectivity index (χ4n) is 4.02. The van der Waals surface area contributed by atoms with E-state index in [-0.39, 0.29) is 36.4 Å². The zero-order valence-electron chi connectivity index (χ0n) is 21.2. The van der Waals surface area contributed by atoms with Gasteiger partial charge in [0.2, 0.25) is 12.7 Å². The Hall–Kier alpha value is -5.43. The summed E-state index contributed by atoms with van der Waals surface area (Å²) in [6, 6.07) is 14.8. The highest BCUT2D eigenvalue weighted by atomic mass is 16.7. The summed E-state index contributed by atoms with van der Waals surface area (Å²) in [6.07, 6.45) is 7.96. The summed E-state index contributed by atoms with van der Waals surface area (Å²) in [5.74, 6) is 2.14. The van der Waals surface area contributed by atoms with Gasteiger partial charge in [0.1, 0.15) is 28.8 Å². The fourth-order valence-corrected chi connectivity index (χ4v) is 4.02. The third-order valence-corrected chi connectivity index (χ3v) is 5.90. The number of aromatic nitrogens is 3. The molecule has 1 N–H and O–H groups in total. The Bertz CT molecular complexity index is 1580. The number of methoxy groups -OCH3 is 1. The van der Waals surface area contributed by atoms with Gasteiger partial charge in [0.05, 0.1) is 13.3 Å². The third kappa shape index (κ3) is 5.47. The van der Waals surface area contributed by atoms with Crippen LogP contribution in [0.3, 0.4) is 0 Å². The minimum Gasteiger partial charge on any atom is -0.497 e. The molecule has 39 heavy (non-hydrogen) atoms. The molecule has 194 valence electrons. The van der Waals surface area contributed by atoms with Gasteiger partial charge in [-0.2, -0.15) is 5.26 Å². The van der Waals surface area contributed by atoms with Crippen LogP contribution in [0.5, 0.6) is 28.9 Å². The van der Waals surface area contributed by atoms with Crippen molar-refractivity contribution in [1.29, 1.82) is 5.26 Å². The Balaban J connectivity index is 1.50. The number of carbonyl (C=O) groups excluding carboxylic acids is 1. The largest absolute Gasteiger partial charge is 0.497 e. The fraction of sp³-hybridized carbons (Fsp3) is 0.138. The van der Waals surface area contributed by atoms with Crippen molar-refractivity contribution in [3.8, 4) is 46.1 Å². The quantitative estimate of drug-likeness (QED) is 0.351. The molecule has 4 aromatic rings. The molecule has 2 aromatic heterocycles. The molecule has 0 unspecified atom stereocenters. The number of ether oxygens (including phenoxy) is 4. The first kappa shape index (κ1) is 25.2. The Labute approximate surface area is 224 Å². The topological polar surface area (TPSA) is 128 Å². The van der Waals surface area contributed by atoms with Gasteiger partial charge in [-0.1, -0.05) is 24.3 Å². The summed E-state index contributed by atoms with van der Waals surface area (Å²) in [6.45, 7) is 2.20. The van der Waals surface area contributed by atoms with Crippen LogP contribution in [0.2, 0.25) is 0 Å². The number of hydrogen-bond acceptors (Lipinski definition) is 9. The number of carbonyl (C=O) groups is 1. The number of benzene rings is 2. The Morgan fingerprint density at radius 3 is 2.67 bits per heavy atom. The van der Waals surface area contributed by atoms with Crippen LogP contribution in [0.25, 0.3) is 17.2 Å². The van der Waals surface area contributed by atoms with Crippen LogP contribution in [0.15, 0.2) is 67.1 Å². The molecule has 10 heteroatoms. The average molecular weight is 522 g/mol. The van der Waals surface area contributed by atoms with Crippen LogP contribution < -0.4 is 24.3 Å². The molecule has 0 fully saturated rings. The summed E-state index contributed by atoms with van der Waals surface area (Å²) in [4.78, 5) is 24.8. The second-order valence-corrected chi connectivity index (χ2v) is 8.33. The SMILES string of the molecule is COc1ccc(-c2c(C#N)c(Oc3ccc4c(c3)OCO4)nc(C)c2C=CCNC(=O)c2cnccn2)cc1. The first-order valence-electron chi connectivity index (χ1n) is 11.9. The van der Waals surface area contributed by atoms with Gasteiger partial charge in [0.15, 0.2) is 11.5 Å². The van der Waals surface area contributed by atoms with E-state index in [2.05, 4.69) is 26.3 Å². The molecule has 10 nitrogen and oxygen atoms in total. The van der Waals surface area contributed by atoms with Crippen LogP contribution >= 0.6 is 0 Å². The molecule has 5 rings (SSSR count). The third-order valence-electron chi connectivity index (χ3n) is 5.90. The van der Waals surface area contributed by atoms with E-state index < -0.39 is 0 Å². The van der Waals surface area contributed by atoms with E-state index in [9.17, 15) is 10.1 Å². The minimum atomic E-state index is -0.344. The van der Waals surface area contributed by atoms with E-state index in [1.54, 1.807) is 31.4 Å². The van der Waals surface area contributed by atoms with E-state index in [4.69, 9.17) is 18.9 Å². The van der Waals surface area contributed by atoms with Crippen molar-refractivity contribution in [2.75, 3.05) is 20.4 Å². The molecular formula is C29H23N5O5. The Morgan fingerprint density at radius 1 is 1.13 bits per heavy atom. The van der Waals surface area contributed by atoms with Gasteiger partial charge in [-0.15, -0.1) is 0 Å². The van der Waals surface area contributed by atoms with Crippen molar-refractivity contribution in [1.82, 2.24) is 20.3 Å². The number of nitrogens with zero attached hydrogens (tertiary/aromatic N) is 4. The lowest BCUT2D eigenvalue weighted by Crippen LogP contribution is -2.24. The van der Waals surface area contributed by atoms with E-state index in [0.717, 1.165) is 5.56 Å². The summed E-state index contributed by atoms with van der Waals surface area (Å²) in [7, 11) is 1.59. The lowest BCUT2D eigenvalue weighted by molar-refractivity contribution is 0.0952. The average Bonchev–Trinajstić information content (AvgIpc) is 3.44. The summed E-state index contributed by atoms with van der Waals surface area (Å²) in [5.41, 5.74) is 3.23. The maximum Gasteiger partial charge on any atom is 0.271 e. The first-order chi connectivity index (χ1) is 19.1. The van der Waals surface area contributed by atoms with Crippen LogP contribution in [0.1, 0.15) is 27.3 Å². The molecule has 0 atom stereocenters. The standard InChI is InChI=1S/C29H23N5O5/c1-18-22(4-3-11-33-28(35)24-16-31-12-13-32-24)27(19-5-7-20(36-2)8-6-19)23(15-30)29(34-18)39-21-9-10-25-26(14-21)38-17-37-25/h3-10,12-14,16H,11,17H2,1-2H3,(H,33,35). The van der Waals surface area contributed by atoms with Crippen molar-refractivity contribution in [3.05, 3.63) is 89.6 Å². The molecule has 1 aliphatic rings. The second-order valence-electron chi connectivity index (χ2n) is 8.33. The van der Waals surface area contributed by atoms with E-state index in [1.165, 1.54) is 18.6 Å². The smallest absolute Gasteiger partial charge is 0.271 e. The van der Waals surface area contributed by atoms with Gasteiger partial charge in [0, 0.05) is 41.8 Å². The van der Waals surface area contributed by atoms with Crippen molar-refractivity contribution in [2.24, 2.45) is 0 Å². The summed E-state index contributed by atoms with van der Waals surface area (Å²) >= 11 is 0. The van der Waals surface area contributed by atoms with Crippen LogP contribution in [0.4, 0.5) is 0 Å². The molecule has 0 saturated carbocycles. The molecule has 0 spiro atoms. The zero-order chi connectivity index (χ0) is 27.2. The summed E-state index contributed by atoms with van der Waals surface area (Å²) < 4.78 is 22.2. The number of hydrogen-bond donors (Lipinski definition) is 1. The van der Waals surface area contributed by atoms with E-state index in [0.29, 0.717) is 39.8 Å². The highest BCUT2D eigenvalue weighted by molar-refractivity contribution is 5.92. The predicted molar refractivity (Wildman–Crippen MR) is 142 cm³/mol. The van der Waals surface area contributed by atoms with Gasteiger partial charge >= 0.3 is 0 Å². The molecule has 1 aliphatic heterocycles. The van der Waals surface area contributed by atoms with Crippen molar-refractivity contribution >= 4 is 12.0 Å². The maximum absolute atomic E-state index is 12.3. The molecular weight excluding hydrogens is 498 g/mol. The predicted octanol–water partition coefficient (Wildman–Crippen LogP) is 4.69. The molecule has 1 amide bonds. The minimum absolute atomic E-state index is 0.140. The molecule has 0 bridgehead atoms. The molecule has 2 aromatic carbocycles. The van der Waals surface area contributed by atoms with Crippen molar-refractivity contribution < 1.29 is 23.7 Å². The molecule has 0 aliphatic carbocycles. The van der Waals surface area contributed by atoms with Gasteiger partial charge in [0.25, 0.3) is 5.91 Å². The van der Waals surface area contributed by atoms with Crippen molar-refractivity contribution in [3.63, 3.8) is 0 Å². The number of pyridine rings is 1. The first-order valence-corrected chi connectivity index (χ1v) is 11.9. The molecule has 0 saturated heterocycles. The molecule has 0 radical (unpaired) electrons. The lowest BCUT2D eigenvalue weighted by atomic mass is 9.94. The number of rotatable bonds is 8. The van der Waals surface area contributed by atoms with Gasteiger partial charge in [-0.25, -0.2) is 9.97 Å². The highest BCUT2D eigenvalue weighted by Crippen LogP contribution is 2.40. The normalized spacial score (nSPS) is 11.7. The van der Waals surface area contributed by atoms with Gasteiger partial charge in [-0.05, 0) is 36.8 Å². The lowest BCUT2D eigenvalue weighted by Gasteiger charge is -2.16. The van der Waals surface area contributed by atoms with E-state index >= 15 is 0 Å². The Morgan fingerprint density at radius 2 is 1.92 bits per heavy atom. The van der Waals surface area contributed by atoms with Gasteiger partial charge < -0.3 is 24.3 Å². The Kier molecular flexibility index (Phi) is 7.32. The van der Waals surface area contributed by atoms with Crippen LogP contribution in [0, 0.1) is 18.3 Å². The highest BCUT2D eigenvalue weighted by Gasteiger charge is 2.21. The summed E-state index contributed by atoms with van der Waals surface area (Å²) in [5, 5.41) is 13.0. The maximum atomic E-state index is 12.3. The molecule has 3 heterocycles. The van der Waals surface area contributed by atoms with E-state index in [1.807, 2.05) is 37.3 Å². The number of nitriles is 1. The zero-order valence-corrected chi connectivity index (χ0v) is 21.2. The number of nitrogens with one attached hydrogen (secondary N) is 1. The second kappa shape index (κ2) is 11.3. The monoisotopic (exact) mass is 521 g/mol. The number of aryl methyl sites for hydroxylation is 1.